The van der Waals surface area contributed by atoms with Gasteiger partial charge in [0.2, 0.25) is 11.9 Å². The average molecular weight is 528 g/mol. The minimum absolute atomic E-state index is 0.350. The molecule has 0 atom stereocenters. The predicted octanol–water partition coefficient (Wildman–Crippen LogP) is 8.36. The topological polar surface area (TPSA) is 100 Å². The van der Waals surface area contributed by atoms with Crippen LogP contribution in [0.25, 0.3) is 0 Å². The lowest BCUT2D eigenvalue weighted by Crippen LogP contribution is -2.02. The standard InChI is InChI=1S/C24H21Cl3N8/c1-12-9-13(2)29-23(28-12)32-16-5-7-17(8-6-16)34-35-18-10-19(25)22(20(26)11-18)33-24-30-14(3)21(27)15(4)31-24/h5-11H,1-4H3,(H,28,29,32)(H,30,31,33). The molecule has 0 aliphatic heterocycles. The summed E-state index contributed by atoms with van der Waals surface area (Å²) in [4.78, 5) is 17.4. The van der Waals surface area contributed by atoms with E-state index in [2.05, 4.69) is 40.8 Å². The van der Waals surface area contributed by atoms with Crippen molar-refractivity contribution in [3.8, 4) is 0 Å². The molecule has 0 fully saturated rings. The molecule has 2 aromatic carbocycles. The normalized spacial score (nSPS) is 11.2. The van der Waals surface area contributed by atoms with Crippen LogP contribution in [0.2, 0.25) is 15.1 Å². The Morgan fingerprint density at radius 3 is 1.71 bits per heavy atom. The van der Waals surface area contributed by atoms with Crippen molar-refractivity contribution in [1.82, 2.24) is 19.9 Å². The van der Waals surface area contributed by atoms with Gasteiger partial charge in [-0.25, -0.2) is 19.9 Å². The highest BCUT2D eigenvalue weighted by atomic mass is 35.5. The number of halogens is 3. The van der Waals surface area contributed by atoms with Gasteiger partial charge in [0.1, 0.15) is 0 Å². The highest BCUT2D eigenvalue weighted by molar-refractivity contribution is 6.39. The number of aryl methyl sites for hydroxylation is 4. The van der Waals surface area contributed by atoms with Crippen molar-refractivity contribution < 1.29 is 0 Å². The number of nitrogens with one attached hydrogen (secondary N) is 2. The highest BCUT2D eigenvalue weighted by Crippen LogP contribution is 2.37. The molecule has 0 bridgehead atoms. The minimum Gasteiger partial charge on any atom is -0.324 e. The van der Waals surface area contributed by atoms with Crippen molar-refractivity contribution >= 4 is 69.4 Å². The van der Waals surface area contributed by atoms with Gasteiger partial charge < -0.3 is 10.6 Å². The van der Waals surface area contributed by atoms with Crippen LogP contribution in [0.1, 0.15) is 22.8 Å². The molecule has 178 valence electrons. The fraction of sp³-hybridized carbons (Fsp3) is 0.167. The summed E-state index contributed by atoms with van der Waals surface area (Å²) in [7, 11) is 0. The molecule has 2 N–H and O–H groups in total. The molecule has 0 radical (unpaired) electrons. The largest absolute Gasteiger partial charge is 0.324 e. The number of hydrogen-bond acceptors (Lipinski definition) is 8. The van der Waals surface area contributed by atoms with Crippen LogP contribution < -0.4 is 10.6 Å². The van der Waals surface area contributed by atoms with E-state index in [4.69, 9.17) is 34.8 Å². The molecule has 4 rings (SSSR count). The molecule has 11 heteroatoms. The van der Waals surface area contributed by atoms with Gasteiger partial charge in [-0.3, -0.25) is 0 Å². The molecule has 35 heavy (non-hydrogen) atoms. The molecule has 0 aliphatic rings. The summed E-state index contributed by atoms with van der Waals surface area (Å²) >= 11 is 19.0. The van der Waals surface area contributed by atoms with Crippen LogP contribution in [-0.2, 0) is 0 Å². The molecule has 0 saturated carbocycles. The lowest BCUT2D eigenvalue weighted by atomic mass is 10.2. The van der Waals surface area contributed by atoms with E-state index in [-0.39, 0.29) is 0 Å². The first-order valence-electron chi connectivity index (χ1n) is 10.6. The van der Waals surface area contributed by atoms with Gasteiger partial charge in [0, 0.05) is 17.1 Å². The molecular formula is C24H21Cl3N8. The quantitative estimate of drug-likeness (QED) is 0.244. The zero-order valence-electron chi connectivity index (χ0n) is 19.4. The number of nitrogens with zero attached hydrogens (tertiary/aromatic N) is 6. The lowest BCUT2D eigenvalue weighted by molar-refractivity contribution is 1.06. The van der Waals surface area contributed by atoms with Gasteiger partial charge in [-0.15, -0.1) is 0 Å². The van der Waals surface area contributed by atoms with Crippen molar-refractivity contribution in [1.29, 1.82) is 0 Å². The second-order valence-corrected chi connectivity index (χ2v) is 8.98. The first-order chi connectivity index (χ1) is 16.7. The maximum absolute atomic E-state index is 6.45. The Kier molecular flexibility index (Phi) is 7.45. The van der Waals surface area contributed by atoms with Crippen LogP contribution in [0.15, 0.2) is 52.7 Å². The number of rotatable bonds is 6. The third kappa shape index (κ3) is 6.22. The van der Waals surface area contributed by atoms with Crippen LogP contribution >= 0.6 is 34.8 Å². The second-order valence-electron chi connectivity index (χ2n) is 7.79. The highest BCUT2D eigenvalue weighted by Gasteiger charge is 2.12. The monoisotopic (exact) mass is 526 g/mol. The third-order valence-corrected chi connectivity index (χ3v) is 5.98. The molecule has 0 aliphatic carbocycles. The Labute approximate surface area is 217 Å². The van der Waals surface area contributed by atoms with E-state index < -0.39 is 0 Å². The van der Waals surface area contributed by atoms with Crippen LogP contribution in [0.4, 0.5) is 34.6 Å². The molecule has 8 nitrogen and oxygen atoms in total. The Morgan fingerprint density at radius 1 is 0.629 bits per heavy atom. The van der Waals surface area contributed by atoms with E-state index in [0.29, 0.717) is 55.4 Å². The smallest absolute Gasteiger partial charge is 0.227 e. The van der Waals surface area contributed by atoms with E-state index in [0.717, 1.165) is 17.1 Å². The molecule has 0 amide bonds. The van der Waals surface area contributed by atoms with Gasteiger partial charge in [-0.05, 0) is 70.2 Å². The van der Waals surface area contributed by atoms with Crippen LogP contribution in [0, 0.1) is 27.7 Å². The summed E-state index contributed by atoms with van der Waals surface area (Å²) in [5, 5.41) is 16.0. The molecule has 4 aromatic rings. The predicted molar refractivity (Wildman–Crippen MR) is 142 cm³/mol. The summed E-state index contributed by atoms with van der Waals surface area (Å²) in [5.41, 5.74) is 5.57. The van der Waals surface area contributed by atoms with E-state index in [1.165, 1.54) is 0 Å². The lowest BCUT2D eigenvalue weighted by Gasteiger charge is -2.11. The number of benzene rings is 2. The van der Waals surface area contributed by atoms with Gasteiger partial charge in [-0.2, -0.15) is 10.2 Å². The summed E-state index contributed by atoms with van der Waals surface area (Å²) in [5.74, 6) is 0.895. The van der Waals surface area contributed by atoms with Crippen LogP contribution in [0.5, 0.6) is 0 Å². The number of aromatic nitrogens is 4. The summed E-state index contributed by atoms with van der Waals surface area (Å²) < 4.78 is 0. The molecule has 2 aromatic heterocycles. The van der Waals surface area contributed by atoms with Gasteiger partial charge in [0.15, 0.2) is 0 Å². The fourth-order valence-corrected chi connectivity index (χ4v) is 3.90. The first-order valence-corrected chi connectivity index (χ1v) is 11.7. The Morgan fingerprint density at radius 2 is 1.14 bits per heavy atom. The van der Waals surface area contributed by atoms with E-state index in [9.17, 15) is 0 Å². The van der Waals surface area contributed by atoms with E-state index in [1.54, 1.807) is 26.0 Å². The van der Waals surface area contributed by atoms with Crippen molar-refractivity contribution in [3.05, 3.63) is 80.3 Å². The average Bonchev–Trinajstić information content (AvgIpc) is 2.78. The maximum atomic E-state index is 6.45. The fourth-order valence-electron chi connectivity index (χ4n) is 3.25. The number of anilines is 4. The third-order valence-electron chi connectivity index (χ3n) is 4.83. The summed E-state index contributed by atoms with van der Waals surface area (Å²) in [6.07, 6.45) is 0. The van der Waals surface area contributed by atoms with E-state index in [1.807, 2.05) is 44.2 Å². The Bertz CT molecular complexity index is 1350. The molecule has 2 heterocycles. The number of azo groups is 1. The zero-order valence-corrected chi connectivity index (χ0v) is 21.6. The van der Waals surface area contributed by atoms with Gasteiger partial charge in [-0.1, -0.05) is 34.8 Å². The summed E-state index contributed by atoms with van der Waals surface area (Å²) in [6.45, 7) is 7.46. The summed E-state index contributed by atoms with van der Waals surface area (Å²) in [6, 6.07) is 12.6. The Hall–Kier alpha value is -3.33. The van der Waals surface area contributed by atoms with Gasteiger partial charge in [0.25, 0.3) is 0 Å². The molecule has 0 unspecified atom stereocenters. The van der Waals surface area contributed by atoms with Crippen molar-refractivity contribution in [3.63, 3.8) is 0 Å². The van der Waals surface area contributed by atoms with Crippen molar-refractivity contribution in [2.24, 2.45) is 10.2 Å². The van der Waals surface area contributed by atoms with Gasteiger partial charge >= 0.3 is 0 Å². The van der Waals surface area contributed by atoms with Crippen LogP contribution in [0.3, 0.4) is 0 Å². The van der Waals surface area contributed by atoms with Gasteiger partial charge in [0.05, 0.1) is 43.5 Å². The number of hydrogen-bond donors (Lipinski definition) is 2. The molecule has 0 spiro atoms. The second kappa shape index (κ2) is 10.5. The SMILES string of the molecule is Cc1cc(C)nc(Nc2ccc(N=Nc3cc(Cl)c(Nc4nc(C)c(Cl)c(C)n4)c(Cl)c3)cc2)n1. The zero-order chi connectivity index (χ0) is 25.1. The first kappa shape index (κ1) is 24.8. The maximum Gasteiger partial charge on any atom is 0.227 e. The molecular weight excluding hydrogens is 507 g/mol. The van der Waals surface area contributed by atoms with Crippen LogP contribution in [-0.4, -0.2) is 19.9 Å². The Balaban J connectivity index is 1.47. The van der Waals surface area contributed by atoms with Crippen molar-refractivity contribution in [2.45, 2.75) is 27.7 Å². The van der Waals surface area contributed by atoms with E-state index >= 15 is 0 Å². The molecule has 0 saturated heterocycles. The minimum atomic E-state index is 0.350. The van der Waals surface area contributed by atoms with Crippen molar-refractivity contribution in [2.75, 3.05) is 10.6 Å².